The Balaban J connectivity index is 1.87. The highest BCUT2D eigenvalue weighted by atomic mass is 32.2. The summed E-state index contributed by atoms with van der Waals surface area (Å²) in [6, 6.07) is 4.19. The molecule has 0 fully saturated rings. The van der Waals surface area contributed by atoms with Crippen LogP contribution in [-0.4, -0.2) is 30.2 Å². The smallest absolute Gasteiger partial charge is 0.408 e. The maximum Gasteiger partial charge on any atom is 0.419 e. The fourth-order valence-corrected chi connectivity index (χ4v) is 3.76. The number of sulfonamides is 1. The number of aryl methyl sites for hydroxylation is 1. The zero-order valence-electron chi connectivity index (χ0n) is 12.7. The average molecular weight is 338 g/mol. The molecule has 0 spiro atoms. The summed E-state index contributed by atoms with van der Waals surface area (Å²) in [5.74, 6) is -0.552. The van der Waals surface area contributed by atoms with Crippen molar-refractivity contribution in [2.45, 2.75) is 29.8 Å². The van der Waals surface area contributed by atoms with E-state index in [4.69, 9.17) is 4.42 Å². The number of allylic oxidation sites excluding steroid dienone is 1. The minimum Gasteiger partial charge on any atom is -0.408 e. The van der Waals surface area contributed by atoms with Crippen molar-refractivity contribution in [2.24, 2.45) is 7.05 Å². The fraction of sp³-hybridized carbons (Fsp3) is 0.400. The van der Waals surface area contributed by atoms with Gasteiger partial charge in [0.2, 0.25) is 10.0 Å². The Morgan fingerprint density at radius 3 is 2.91 bits per heavy atom. The van der Waals surface area contributed by atoms with Crippen LogP contribution in [0.4, 0.5) is 0 Å². The van der Waals surface area contributed by atoms with Crippen LogP contribution in [-0.2, 0) is 17.1 Å². The zero-order chi connectivity index (χ0) is 16.7. The number of nitrogens with one attached hydrogen (secondary N) is 1. The van der Waals surface area contributed by atoms with Crippen LogP contribution in [0.2, 0.25) is 0 Å². The molecule has 0 saturated heterocycles. The van der Waals surface area contributed by atoms with Crippen molar-refractivity contribution in [3.63, 3.8) is 0 Å². The van der Waals surface area contributed by atoms with E-state index in [1.165, 1.54) is 29.8 Å². The summed E-state index contributed by atoms with van der Waals surface area (Å²) in [6.45, 7) is -0.0891. The van der Waals surface area contributed by atoms with Gasteiger partial charge in [0.1, 0.15) is 0 Å². The van der Waals surface area contributed by atoms with E-state index in [-0.39, 0.29) is 11.4 Å². The molecule has 0 bridgehead atoms. The van der Waals surface area contributed by atoms with E-state index in [2.05, 4.69) is 4.72 Å². The third-order valence-electron chi connectivity index (χ3n) is 4.05. The number of fused-ring (bicyclic) bond motifs is 1. The third kappa shape index (κ3) is 3.10. The average Bonchev–Trinajstić information content (AvgIpc) is 2.81. The highest BCUT2D eigenvalue weighted by Gasteiger charge is 2.28. The lowest BCUT2D eigenvalue weighted by atomic mass is 9.91. The second kappa shape index (κ2) is 5.63. The van der Waals surface area contributed by atoms with Crippen molar-refractivity contribution in [1.82, 2.24) is 9.29 Å². The second-order valence-electron chi connectivity index (χ2n) is 5.78. The number of aliphatic hydroxyl groups is 1. The van der Waals surface area contributed by atoms with E-state index in [1.807, 2.05) is 6.08 Å². The number of hydrogen-bond donors (Lipinski definition) is 2. The van der Waals surface area contributed by atoms with Gasteiger partial charge in [-0.1, -0.05) is 12.2 Å². The van der Waals surface area contributed by atoms with Crippen LogP contribution in [0.5, 0.6) is 0 Å². The van der Waals surface area contributed by atoms with Gasteiger partial charge in [-0.15, -0.1) is 0 Å². The Hall–Kier alpha value is -1.90. The molecule has 23 heavy (non-hydrogen) atoms. The number of oxazole rings is 1. The molecule has 0 saturated carbocycles. The summed E-state index contributed by atoms with van der Waals surface area (Å²) in [6.07, 6.45) is 5.71. The van der Waals surface area contributed by atoms with Crippen LogP contribution in [0.1, 0.15) is 19.3 Å². The van der Waals surface area contributed by atoms with Crippen LogP contribution in [0.25, 0.3) is 11.1 Å². The van der Waals surface area contributed by atoms with Crippen molar-refractivity contribution in [3.05, 3.63) is 40.9 Å². The minimum atomic E-state index is -3.80. The van der Waals surface area contributed by atoms with Gasteiger partial charge in [0, 0.05) is 13.6 Å². The summed E-state index contributed by atoms with van der Waals surface area (Å²) >= 11 is 0. The van der Waals surface area contributed by atoms with Crippen molar-refractivity contribution in [2.75, 3.05) is 6.54 Å². The molecule has 1 aromatic carbocycles. The predicted octanol–water partition coefficient (Wildman–Crippen LogP) is 0.881. The molecule has 0 amide bonds. The zero-order valence-corrected chi connectivity index (χ0v) is 13.5. The van der Waals surface area contributed by atoms with E-state index < -0.39 is 21.4 Å². The summed E-state index contributed by atoms with van der Waals surface area (Å²) in [4.78, 5) is 11.5. The lowest BCUT2D eigenvalue weighted by Crippen LogP contribution is -2.42. The third-order valence-corrected chi connectivity index (χ3v) is 5.45. The van der Waals surface area contributed by atoms with Gasteiger partial charge in [-0.05, 0) is 37.5 Å². The van der Waals surface area contributed by atoms with Crippen LogP contribution in [0.3, 0.4) is 0 Å². The first-order valence-electron chi connectivity index (χ1n) is 7.30. The first-order valence-corrected chi connectivity index (χ1v) is 8.78. The molecule has 1 heterocycles. The van der Waals surface area contributed by atoms with Gasteiger partial charge in [-0.25, -0.2) is 17.9 Å². The van der Waals surface area contributed by atoms with Crippen molar-refractivity contribution in [3.8, 4) is 0 Å². The van der Waals surface area contributed by atoms with Gasteiger partial charge in [0.25, 0.3) is 0 Å². The molecule has 1 aliphatic rings. The Bertz CT molecular complexity index is 925. The molecule has 8 heteroatoms. The maximum atomic E-state index is 12.4. The first kappa shape index (κ1) is 16.0. The van der Waals surface area contributed by atoms with Crippen molar-refractivity contribution >= 4 is 21.1 Å². The predicted molar refractivity (Wildman–Crippen MR) is 84.6 cm³/mol. The van der Waals surface area contributed by atoms with Crippen molar-refractivity contribution in [1.29, 1.82) is 0 Å². The van der Waals surface area contributed by atoms with Crippen LogP contribution < -0.4 is 10.5 Å². The molecule has 2 N–H and O–H groups in total. The molecule has 124 valence electrons. The second-order valence-corrected chi connectivity index (χ2v) is 7.55. The largest absolute Gasteiger partial charge is 0.419 e. The van der Waals surface area contributed by atoms with E-state index in [1.54, 1.807) is 6.08 Å². The van der Waals surface area contributed by atoms with Crippen molar-refractivity contribution < 1.29 is 17.9 Å². The quantitative estimate of drug-likeness (QED) is 0.806. The maximum absolute atomic E-state index is 12.4. The summed E-state index contributed by atoms with van der Waals surface area (Å²) < 4.78 is 33.5. The fourth-order valence-electron chi connectivity index (χ4n) is 2.64. The summed E-state index contributed by atoms with van der Waals surface area (Å²) in [5.41, 5.74) is -0.433. The Morgan fingerprint density at radius 1 is 1.43 bits per heavy atom. The minimum absolute atomic E-state index is 0.0183. The number of rotatable bonds is 4. The molecule has 1 aliphatic carbocycles. The molecule has 2 aromatic rings. The molecule has 1 aromatic heterocycles. The topological polar surface area (TPSA) is 102 Å². The Labute approximate surface area is 133 Å². The van der Waals surface area contributed by atoms with E-state index in [0.29, 0.717) is 17.5 Å². The highest BCUT2D eigenvalue weighted by Crippen LogP contribution is 2.22. The first-order chi connectivity index (χ1) is 10.8. The lowest BCUT2D eigenvalue weighted by Gasteiger charge is -2.27. The van der Waals surface area contributed by atoms with E-state index >= 15 is 0 Å². The van der Waals surface area contributed by atoms with Gasteiger partial charge in [0.05, 0.1) is 16.0 Å². The van der Waals surface area contributed by atoms with Gasteiger partial charge in [-0.2, -0.15) is 0 Å². The Kier molecular flexibility index (Phi) is 3.91. The number of nitrogens with zero attached hydrogens (tertiary/aromatic N) is 1. The van der Waals surface area contributed by atoms with Gasteiger partial charge in [0.15, 0.2) is 5.58 Å². The number of aromatic nitrogens is 1. The van der Waals surface area contributed by atoms with Gasteiger partial charge in [-0.3, -0.25) is 4.57 Å². The van der Waals surface area contributed by atoms with Crippen LogP contribution >= 0.6 is 0 Å². The highest BCUT2D eigenvalue weighted by molar-refractivity contribution is 7.89. The molecule has 3 rings (SSSR count). The molecule has 0 aliphatic heterocycles. The molecular weight excluding hydrogens is 320 g/mol. The normalized spacial score (nSPS) is 21.8. The summed E-state index contributed by atoms with van der Waals surface area (Å²) in [7, 11) is -2.29. The van der Waals surface area contributed by atoms with Crippen LogP contribution in [0, 0.1) is 0 Å². The van der Waals surface area contributed by atoms with E-state index in [9.17, 15) is 18.3 Å². The summed E-state index contributed by atoms with van der Waals surface area (Å²) in [5, 5.41) is 10.3. The Morgan fingerprint density at radius 2 is 2.22 bits per heavy atom. The van der Waals surface area contributed by atoms with Crippen LogP contribution in [0.15, 0.2) is 44.5 Å². The SMILES string of the molecule is Cn1c(=O)oc2ccc(S(=O)(=O)NCC3(O)C=CCCC3)cc21. The molecular formula is C15H18N2O5S. The molecule has 0 radical (unpaired) electrons. The number of hydrogen-bond acceptors (Lipinski definition) is 5. The molecule has 1 atom stereocenters. The molecule has 7 nitrogen and oxygen atoms in total. The van der Waals surface area contributed by atoms with Gasteiger partial charge >= 0.3 is 5.76 Å². The standard InChI is InChI=1S/C15H18N2O5S/c1-17-12-9-11(5-6-13(12)22-14(17)18)23(20,21)16-10-15(19)7-3-2-4-8-15/h3,5-7,9,16,19H,2,4,8,10H2,1H3. The monoisotopic (exact) mass is 338 g/mol. The number of benzene rings is 1. The van der Waals surface area contributed by atoms with E-state index in [0.717, 1.165) is 12.8 Å². The van der Waals surface area contributed by atoms with Gasteiger partial charge < -0.3 is 9.52 Å². The molecule has 1 unspecified atom stereocenters. The lowest BCUT2D eigenvalue weighted by molar-refractivity contribution is 0.0797.